The highest BCUT2D eigenvalue weighted by atomic mass is 79.9. The first-order valence-corrected chi connectivity index (χ1v) is 14.0. The molecule has 0 saturated heterocycles. The van der Waals surface area contributed by atoms with Crippen LogP contribution in [-0.2, 0) is 6.61 Å². The fraction of sp³-hybridized carbons (Fsp3) is 0.231. The minimum Gasteiger partial charge on any atom is -0.490 e. The number of aryl methyl sites for hydroxylation is 1. The van der Waals surface area contributed by atoms with E-state index in [0.717, 1.165) is 10.0 Å². The summed E-state index contributed by atoms with van der Waals surface area (Å²) in [5.74, 6) is 1.19. The van der Waals surface area contributed by atoms with E-state index >= 15 is 0 Å². The predicted octanol–water partition coefficient (Wildman–Crippen LogP) is 7.33. The molecule has 198 valence electrons. The number of ether oxygens (including phenoxy) is 2. The summed E-state index contributed by atoms with van der Waals surface area (Å²) in [6, 6.07) is 17.2. The number of thioether (sulfide) groups is 1. The zero-order valence-corrected chi connectivity index (χ0v) is 24.4. The highest BCUT2D eigenvalue weighted by molar-refractivity contribution is 9.10. The third kappa shape index (κ3) is 6.91. The molecule has 0 aliphatic rings. The molecular formula is C26H23Br2FN4O4S. The SMILES string of the molecule is CCOc1cc([C@@H](C[N+](=O)[O-])Sc2nnc(C)n2-c2ccc(F)cc2)cc(Br)c1OCc1ccc(Br)cc1. The van der Waals surface area contributed by atoms with E-state index in [4.69, 9.17) is 9.47 Å². The molecular weight excluding hydrogens is 643 g/mol. The zero-order valence-electron chi connectivity index (χ0n) is 20.4. The Labute approximate surface area is 240 Å². The molecule has 0 spiro atoms. The van der Waals surface area contributed by atoms with Gasteiger partial charge in [-0.2, -0.15) is 0 Å². The van der Waals surface area contributed by atoms with Gasteiger partial charge in [-0.05, 0) is 89.4 Å². The average molecular weight is 666 g/mol. The Hall–Kier alpha value is -2.96. The van der Waals surface area contributed by atoms with Gasteiger partial charge in [-0.3, -0.25) is 14.7 Å². The molecule has 0 radical (unpaired) electrons. The van der Waals surface area contributed by atoms with Crippen LogP contribution in [0.1, 0.15) is 29.1 Å². The van der Waals surface area contributed by atoms with Crippen LogP contribution in [0.2, 0.25) is 0 Å². The van der Waals surface area contributed by atoms with E-state index in [1.807, 2.05) is 31.2 Å². The van der Waals surface area contributed by atoms with Crippen molar-refractivity contribution in [2.75, 3.05) is 13.2 Å². The molecule has 0 aliphatic carbocycles. The first kappa shape index (κ1) is 28.1. The van der Waals surface area contributed by atoms with Crippen molar-refractivity contribution in [1.82, 2.24) is 14.8 Å². The van der Waals surface area contributed by atoms with Crippen molar-refractivity contribution in [2.24, 2.45) is 0 Å². The smallest absolute Gasteiger partial charge is 0.220 e. The van der Waals surface area contributed by atoms with Crippen LogP contribution < -0.4 is 9.47 Å². The molecule has 0 bridgehead atoms. The van der Waals surface area contributed by atoms with E-state index in [0.29, 0.717) is 51.4 Å². The van der Waals surface area contributed by atoms with Crippen molar-refractivity contribution < 1.29 is 18.8 Å². The maximum Gasteiger partial charge on any atom is 0.220 e. The Bertz CT molecular complexity index is 1420. The number of benzene rings is 3. The first-order chi connectivity index (χ1) is 18.2. The molecule has 8 nitrogen and oxygen atoms in total. The highest BCUT2D eigenvalue weighted by Crippen LogP contribution is 2.43. The lowest BCUT2D eigenvalue weighted by atomic mass is 10.1. The number of rotatable bonds is 11. The molecule has 38 heavy (non-hydrogen) atoms. The van der Waals surface area contributed by atoms with Crippen LogP contribution in [0.5, 0.6) is 11.5 Å². The Morgan fingerprint density at radius 2 is 1.79 bits per heavy atom. The molecule has 4 aromatic rings. The van der Waals surface area contributed by atoms with Crippen LogP contribution in [0.25, 0.3) is 5.69 Å². The van der Waals surface area contributed by atoms with Gasteiger partial charge in [-0.15, -0.1) is 10.2 Å². The highest BCUT2D eigenvalue weighted by Gasteiger charge is 2.26. The van der Waals surface area contributed by atoms with E-state index in [9.17, 15) is 14.5 Å². The number of nitrogens with zero attached hydrogens (tertiary/aromatic N) is 4. The lowest BCUT2D eigenvalue weighted by Crippen LogP contribution is -2.12. The molecule has 0 amide bonds. The number of halogens is 3. The van der Waals surface area contributed by atoms with Crippen molar-refractivity contribution in [3.8, 4) is 17.2 Å². The number of aromatic nitrogens is 3. The molecule has 0 saturated carbocycles. The Kier molecular flexibility index (Phi) is 9.40. The quantitative estimate of drug-likeness (QED) is 0.0941. The van der Waals surface area contributed by atoms with Gasteiger partial charge in [0.05, 0.1) is 11.1 Å². The molecule has 1 aromatic heterocycles. The third-order valence-electron chi connectivity index (χ3n) is 5.44. The van der Waals surface area contributed by atoms with Gasteiger partial charge in [0, 0.05) is 15.1 Å². The number of hydrogen-bond acceptors (Lipinski definition) is 7. The number of nitro groups is 1. The summed E-state index contributed by atoms with van der Waals surface area (Å²) in [4.78, 5) is 11.3. The monoisotopic (exact) mass is 664 g/mol. The molecule has 0 aliphatic heterocycles. The molecule has 4 rings (SSSR count). The van der Waals surface area contributed by atoms with Crippen LogP contribution in [-0.4, -0.2) is 32.8 Å². The van der Waals surface area contributed by atoms with Gasteiger partial charge >= 0.3 is 0 Å². The standard InChI is InChI=1S/C26H23Br2FN4O4S/c1-3-36-23-13-18(12-22(28)25(23)37-15-17-4-6-19(27)7-5-17)24(14-32(34)35)38-26-31-30-16(2)33(26)21-10-8-20(29)9-11-21/h4-13,24H,3,14-15H2,1-2H3/t24-/m1/s1. The second-order valence-corrected chi connectivity index (χ2v) is 11.1. The molecule has 12 heteroatoms. The maximum atomic E-state index is 13.5. The van der Waals surface area contributed by atoms with Gasteiger partial charge in [0.1, 0.15) is 23.5 Å². The normalized spacial score (nSPS) is 11.8. The first-order valence-electron chi connectivity index (χ1n) is 11.5. The Balaban J connectivity index is 1.66. The minimum absolute atomic E-state index is 0.318. The predicted molar refractivity (Wildman–Crippen MR) is 150 cm³/mol. The topological polar surface area (TPSA) is 92.3 Å². The molecule has 0 N–H and O–H groups in total. The van der Waals surface area contributed by atoms with E-state index in [2.05, 4.69) is 42.1 Å². The Morgan fingerprint density at radius 1 is 1.08 bits per heavy atom. The van der Waals surface area contributed by atoms with Crippen LogP contribution in [0.4, 0.5) is 4.39 Å². The van der Waals surface area contributed by atoms with Crippen LogP contribution in [0.3, 0.4) is 0 Å². The van der Waals surface area contributed by atoms with Gasteiger partial charge in [-0.25, -0.2) is 4.39 Å². The lowest BCUT2D eigenvalue weighted by molar-refractivity contribution is -0.479. The summed E-state index contributed by atoms with van der Waals surface area (Å²) in [7, 11) is 0. The van der Waals surface area contributed by atoms with E-state index < -0.39 is 5.25 Å². The van der Waals surface area contributed by atoms with E-state index in [1.165, 1.54) is 23.9 Å². The minimum atomic E-state index is -0.621. The van der Waals surface area contributed by atoms with Crippen molar-refractivity contribution in [3.05, 3.63) is 102 Å². The summed E-state index contributed by atoms with van der Waals surface area (Å²) in [6.07, 6.45) is 0. The summed E-state index contributed by atoms with van der Waals surface area (Å²) >= 11 is 8.20. The van der Waals surface area contributed by atoms with E-state index in [1.54, 1.807) is 35.8 Å². The third-order valence-corrected chi connectivity index (χ3v) is 7.74. The van der Waals surface area contributed by atoms with E-state index in [-0.39, 0.29) is 17.3 Å². The summed E-state index contributed by atoms with van der Waals surface area (Å²) in [6.45, 7) is 3.96. The molecule has 0 fully saturated rings. The van der Waals surface area contributed by atoms with Gasteiger partial charge in [0.25, 0.3) is 0 Å². The van der Waals surface area contributed by atoms with Gasteiger partial charge < -0.3 is 9.47 Å². The van der Waals surface area contributed by atoms with Gasteiger partial charge in [-0.1, -0.05) is 39.8 Å². The summed E-state index contributed by atoms with van der Waals surface area (Å²) in [5.41, 5.74) is 2.29. The average Bonchev–Trinajstić information content (AvgIpc) is 3.24. The van der Waals surface area contributed by atoms with Crippen LogP contribution >= 0.6 is 43.6 Å². The Morgan fingerprint density at radius 3 is 2.45 bits per heavy atom. The van der Waals surface area contributed by atoms with Crippen molar-refractivity contribution in [1.29, 1.82) is 0 Å². The maximum absolute atomic E-state index is 13.5. The van der Waals surface area contributed by atoms with Crippen molar-refractivity contribution >= 4 is 43.6 Å². The van der Waals surface area contributed by atoms with Crippen molar-refractivity contribution in [2.45, 2.75) is 30.9 Å². The zero-order chi connectivity index (χ0) is 27.2. The van der Waals surface area contributed by atoms with Crippen LogP contribution in [0.15, 0.2) is 74.8 Å². The summed E-state index contributed by atoms with van der Waals surface area (Å²) in [5, 5.41) is 19.9. The molecule has 1 atom stereocenters. The fourth-order valence-electron chi connectivity index (χ4n) is 3.69. The number of hydrogen-bond donors (Lipinski definition) is 0. The lowest BCUT2D eigenvalue weighted by Gasteiger charge is -2.19. The second kappa shape index (κ2) is 12.7. The molecule has 3 aromatic carbocycles. The fourth-order valence-corrected chi connectivity index (χ4v) is 5.69. The second-order valence-electron chi connectivity index (χ2n) is 8.14. The van der Waals surface area contributed by atoms with Gasteiger partial charge in [0.2, 0.25) is 6.54 Å². The van der Waals surface area contributed by atoms with Crippen LogP contribution in [0, 0.1) is 22.9 Å². The summed E-state index contributed by atoms with van der Waals surface area (Å²) < 4.78 is 28.8. The van der Waals surface area contributed by atoms with Gasteiger partial charge in [0.15, 0.2) is 16.7 Å². The largest absolute Gasteiger partial charge is 0.490 e. The molecule has 1 heterocycles. The van der Waals surface area contributed by atoms with Crippen molar-refractivity contribution in [3.63, 3.8) is 0 Å². The molecule has 0 unspecified atom stereocenters.